The summed E-state index contributed by atoms with van der Waals surface area (Å²) in [7, 11) is 0. The van der Waals surface area contributed by atoms with Gasteiger partial charge in [-0.2, -0.15) is 0 Å². The number of aryl methyl sites for hydroxylation is 2. The Morgan fingerprint density at radius 3 is 1.36 bits per heavy atom. The Hall–Kier alpha value is -7.17. The summed E-state index contributed by atoms with van der Waals surface area (Å²) in [6.45, 7) is 19.7. The van der Waals surface area contributed by atoms with Crippen molar-refractivity contribution in [3.8, 4) is 51.6 Å². The maximum Gasteiger partial charge on any atom is 0.573 e. The van der Waals surface area contributed by atoms with Gasteiger partial charge in [-0.3, -0.25) is 0 Å². The summed E-state index contributed by atoms with van der Waals surface area (Å²) in [5.41, 5.74) is 1.79. The Morgan fingerprint density at radius 1 is 0.536 bits per heavy atom. The smallest absolute Gasteiger partial charge is 0.405 e. The lowest BCUT2D eigenvalue weighted by atomic mass is 9.88. The average molecular weight is 775 g/mol. The van der Waals surface area contributed by atoms with Gasteiger partial charge in [0.25, 0.3) is 11.4 Å². The second-order valence-electron chi connectivity index (χ2n) is 12.3. The van der Waals surface area contributed by atoms with Crippen LogP contribution in [0.1, 0.15) is 38.9 Å². The Morgan fingerprint density at radius 2 is 0.946 bits per heavy atom. The van der Waals surface area contributed by atoms with E-state index in [9.17, 15) is 50.0 Å². The summed E-state index contributed by atoms with van der Waals surface area (Å²) < 4.78 is 132. The Balaban J connectivity index is 1.63. The summed E-state index contributed by atoms with van der Waals surface area (Å²) in [5, 5.41) is 20.2. The largest absolute Gasteiger partial charge is 0.573 e. The normalized spacial score (nSPS) is 15.1. The van der Waals surface area contributed by atoms with Gasteiger partial charge in [-0.1, -0.05) is 30.3 Å². The zero-order chi connectivity index (χ0) is 41.1. The lowest BCUT2D eigenvalue weighted by Gasteiger charge is -2.19. The third-order valence-electron chi connectivity index (χ3n) is 8.97. The van der Waals surface area contributed by atoms with Crippen LogP contribution < -0.4 is 14.2 Å². The Kier molecular flexibility index (Phi) is 9.36. The summed E-state index contributed by atoms with van der Waals surface area (Å²) in [5.74, 6) is -2.97. The number of halogens is 9. The molecule has 280 valence electrons. The van der Waals surface area contributed by atoms with Crippen LogP contribution in [0.3, 0.4) is 0 Å². The molecule has 0 radical (unpaired) electrons. The topological polar surface area (TPSA) is 84.0 Å². The first-order chi connectivity index (χ1) is 26.2. The van der Waals surface area contributed by atoms with E-state index < -0.39 is 47.7 Å². The molecule has 0 saturated heterocycles. The molecule has 16 heteroatoms. The molecule has 0 N–H and O–H groups in total. The summed E-state index contributed by atoms with van der Waals surface area (Å²) in [4.78, 5) is 6.79. The second kappa shape index (κ2) is 13.6. The van der Waals surface area contributed by atoms with Crippen LogP contribution in [-0.4, -0.2) is 19.1 Å². The highest BCUT2D eigenvalue weighted by atomic mass is 19.4. The number of nitriles is 2. The first-order valence-corrected chi connectivity index (χ1v) is 15.8. The minimum Gasteiger partial charge on any atom is -0.405 e. The Bertz CT molecular complexity index is 2620. The molecule has 0 fully saturated rings. The zero-order valence-electron chi connectivity index (χ0n) is 28.7. The van der Waals surface area contributed by atoms with Crippen molar-refractivity contribution in [2.75, 3.05) is 0 Å². The molecular weight excluding hydrogens is 755 g/mol. The van der Waals surface area contributed by atoms with Gasteiger partial charge in [0.15, 0.2) is 11.5 Å². The molecule has 2 aliphatic rings. The number of ether oxygens (including phenoxy) is 3. The molecule has 2 aliphatic carbocycles. The van der Waals surface area contributed by atoms with Gasteiger partial charge in [-0.25, -0.2) is 20.2 Å². The fraction of sp³-hybridized carbons (Fsp3) is 0.150. The number of hydrogen-bond acceptors (Lipinski definition) is 5. The van der Waals surface area contributed by atoms with Crippen LogP contribution in [0.2, 0.25) is 0 Å². The molecule has 0 unspecified atom stereocenters. The monoisotopic (exact) mass is 774 g/mol. The molecule has 0 bridgehead atoms. The van der Waals surface area contributed by atoms with Crippen molar-refractivity contribution >= 4 is 22.3 Å². The predicted molar refractivity (Wildman–Crippen MR) is 183 cm³/mol. The maximum absolute atomic E-state index is 13.4. The number of rotatable bonds is 5. The highest BCUT2D eigenvalue weighted by Crippen LogP contribution is 2.60. The quantitative estimate of drug-likeness (QED) is 0.115. The summed E-state index contributed by atoms with van der Waals surface area (Å²) >= 11 is 0. The van der Waals surface area contributed by atoms with E-state index in [0.717, 1.165) is 13.0 Å². The van der Waals surface area contributed by atoms with Crippen molar-refractivity contribution in [1.82, 2.24) is 0 Å². The average Bonchev–Trinajstić information content (AvgIpc) is 3.60. The van der Waals surface area contributed by atoms with E-state index in [1.165, 1.54) is 43.3 Å². The first kappa shape index (κ1) is 38.6. The molecule has 0 aliphatic heterocycles. The molecule has 56 heavy (non-hydrogen) atoms. The van der Waals surface area contributed by atoms with Crippen LogP contribution >= 0.6 is 0 Å². The van der Waals surface area contributed by atoms with Crippen LogP contribution in [0.4, 0.5) is 39.5 Å². The van der Waals surface area contributed by atoms with E-state index in [4.69, 9.17) is 13.1 Å². The molecule has 6 rings (SSSR count). The first-order valence-electron chi connectivity index (χ1n) is 15.8. The third-order valence-corrected chi connectivity index (χ3v) is 8.97. The molecule has 0 atom stereocenters. The zero-order valence-corrected chi connectivity index (χ0v) is 28.7. The summed E-state index contributed by atoms with van der Waals surface area (Å²) in [6.07, 6.45) is -15.8. The molecule has 0 spiro atoms. The highest BCUT2D eigenvalue weighted by molar-refractivity contribution is 6.37. The lowest BCUT2D eigenvalue weighted by Crippen LogP contribution is -2.22. The van der Waals surface area contributed by atoms with E-state index in [1.54, 1.807) is 19.1 Å². The van der Waals surface area contributed by atoms with E-state index in [1.807, 2.05) is 12.1 Å². The third kappa shape index (κ3) is 7.08. The van der Waals surface area contributed by atoms with Crippen molar-refractivity contribution in [2.24, 2.45) is 0 Å². The van der Waals surface area contributed by atoms with E-state index in [0.29, 0.717) is 33.9 Å². The fourth-order valence-corrected chi connectivity index (χ4v) is 6.70. The van der Waals surface area contributed by atoms with Crippen molar-refractivity contribution < 1.29 is 53.7 Å². The van der Waals surface area contributed by atoms with Crippen molar-refractivity contribution in [3.05, 3.63) is 134 Å². The maximum atomic E-state index is 13.4. The van der Waals surface area contributed by atoms with Gasteiger partial charge in [0.1, 0.15) is 5.75 Å². The molecule has 0 aromatic heterocycles. The van der Waals surface area contributed by atoms with E-state index >= 15 is 0 Å². The fourth-order valence-electron chi connectivity index (χ4n) is 6.70. The standard InChI is InChI=1S/C40H19F9N4O3/c1-18-10-23(14-31(20(18)3)54-38(41,42)43)21-6-8-25-27(12-21)35-34(30(17-51)53-5)26-9-7-22(13-28(26)36(35)33(25)29(16-50)52-4)24-11-19(2)37(56-40(47,48)49)32(15-24)55-39(44,45)46/h6-15H,1-3H3/b33-29+,34-30-. The van der Waals surface area contributed by atoms with E-state index in [2.05, 4.69) is 23.9 Å². The number of nitrogens with zero attached hydrogens (tertiary/aromatic N) is 4. The number of alkyl halides is 9. The van der Waals surface area contributed by atoms with Gasteiger partial charge in [0, 0.05) is 11.1 Å². The van der Waals surface area contributed by atoms with Crippen LogP contribution in [0.15, 0.2) is 72.1 Å². The van der Waals surface area contributed by atoms with Gasteiger partial charge in [-0.05, 0) is 123 Å². The van der Waals surface area contributed by atoms with E-state index in [-0.39, 0.29) is 55.7 Å². The van der Waals surface area contributed by atoms with Crippen LogP contribution in [0.5, 0.6) is 17.2 Å². The molecule has 4 aromatic carbocycles. The molecule has 0 saturated carbocycles. The van der Waals surface area contributed by atoms with Gasteiger partial charge >= 0.3 is 19.1 Å². The SMILES string of the molecule is [C-]#[N+]/C(C#N)=C1C2=C(/C(=C(\C#N)[N+]#[C-])c3ccc(-c4cc(C)c(C)c(OC(F)(F)F)c4)cc32)c2cc(-c3cc(C)c(OC(F)(F)F)c(OC(F)(F)F)c3)ccc2\1. The Labute approximate surface area is 311 Å². The molecule has 0 amide bonds. The van der Waals surface area contributed by atoms with Gasteiger partial charge < -0.3 is 14.2 Å². The molecule has 7 nitrogen and oxygen atoms in total. The minimum atomic E-state index is -5.41. The van der Waals surface area contributed by atoms with Gasteiger partial charge in [0.05, 0.1) is 25.3 Å². The van der Waals surface area contributed by atoms with Crippen LogP contribution in [-0.2, 0) is 0 Å². The molecule has 0 heterocycles. The van der Waals surface area contributed by atoms with Crippen molar-refractivity contribution in [1.29, 1.82) is 10.5 Å². The minimum absolute atomic E-state index is 0.0648. The summed E-state index contributed by atoms with van der Waals surface area (Å²) in [6, 6.07) is 17.2. The number of allylic oxidation sites excluding steroid dienone is 6. The molecule has 4 aromatic rings. The van der Waals surface area contributed by atoms with Gasteiger partial charge in [0.2, 0.25) is 0 Å². The van der Waals surface area contributed by atoms with Crippen LogP contribution in [0.25, 0.3) is 54.2 Å². The number of fused-ring (bicyclic) bond motifs is 4. The van der Waals surface area contributed by atoms with Crippen molar-refractivity contribution in [2.45, 2.75) is 39.9 Å². The number of hydrogen-bond donors (Lipinski definition) is 0. The predicted octanol–water partition coefficient (Wildman–Crippen LogP) is 11.9. The molecular formula is C40H19F9N4O3. The van der Waals surface area contributed by atoms with Crippen molar-refractivity contribution in [3.63, 3.8) is 0 Å². The highest BCUT2D eigenvalue weighted by Gasteiger charge is 2.41. The van der Waals surface area contributed by atoms with Gasteiger partial charge in [-0.15, -0.1) is 39.5 Å². The lowest BCUT2D eigenvalue weighted by molar-refractivity contribution is -0.287. The second-order valence-corrected chi connectivity index (χ2v) is 12.3. The van der Waals surface area contributed by atoms with Crippen LogP contribution in [0, 0.1) is 56.6 Å². The number of benzene rings is 4.